The number of anilines is 1. The SMILES string of the molecule is Cc1ccnc(NC(=O)CN2CCC3(CC2)CC(=O)c2ccc(F)cc2O3)c1. The number of ether oxygens (including phenoxy) is 1. The van der Waals surface area contributed by atoms with E-state index in [2.05, 4.69) is 10.3 Å². The first kappa shape index (κ1) is 18.6. The smallest absolute Gasteiger partial charge is 0.239 e. The van der Waals surface area contributed by atoms with Gasteiger partial charge in [0.25, 0.3) is 0 Å². The fourth-order valence-corrected chi connectivity index (χ4v) is 3.86. The van der Waals surface area contributed by atoms with E-state index in [1.54, 1.807) is 6.20 Å². The molecule has 1 saturated heterocycles. The highest BCUT2D eigenvalue weighted by molar-refractivity contribution is 6.00. The number of ketones is 1. The van der Waals surface area contributed by atoms with Crippen molar-refractivity contribution in [3.63, 3.8) is 0 Å². The van der Waals surface area contributed by atoms with Crippen LogP contribution in [0.1, 0.15) is 35.2 Å². The number of piperidine rings is 1. The second-order valence-corrected chi connectivity index (χ2v) is 7.57. The first-order chi connectivity index (χ1) is 13.4. The minimum Gasteiger partial charge on any atom is -0.486 e. The van der Waals surface area contributed by atoms with Crippen molar-refractivity contribution in [2.75, 3.05) is 25.0 Å². The second kappa shape index (κ2) is 7.31. The fraction of sp³-hybridized carbons (Fsp3) is 0.381. The highest BCUT2D eigenvalue weighted by atomic mass is 19.1. The predicted octanol–water partition coefficient (Wildman–Crippen LogP) is 2.97. The van der Waals surface area contributed by atoms with Crippen LogP contribution in [0.3, 0.4) is 0 Å². The summed E-state index contributed by atoms with van der Waals surface area (Å²) in [6.45, 7) is 3.46. The summed E-state index contributed by atoms with van der Waals surface area (Å²) in [5.41, 5.74) is 0.865. The van der Waals surface area contributed by atoms with Crippen molar-refractivity contribution < 1.29 is 18.7 Å². The Morgan fingerprint density at radius 1 is 1.29 bits per heavy atom. The Balaban J connectivity index is 1.36. The van der Waals surface area contributed by atoms with Gasteiger partial charge >= 0.3 is 0 Å². The molecular formula is C21H22FN3O3. The van der Waals surface area contributed by atoms with Gasteiger partial charge in [0.05, 0.1) is 18.5 Å². The molecule has 0 bridgehead atoms. The molecule has 1 fully saturated rings. The molecule has 3 heterocycles. The molecule has 6 nitrogen and oxygen atoms in total. The Morgan fingerprint density at radius 2 is 2.07 bits per heavy atom. The number of halogens is 1. The van der Waals surface area contributed by atoms with E-state index in [-0.39, 0.29) is 18.2 Å². The van der Waals surface area contributed by atoms with Crippen molar-refractivity contribution in [3.8, 4) is 5.75 Å². The highest BCUT2D eigenvalue weighted by Crippen LogP contribution is 2.39. The number of amides is 1. The summed E-state index contributed by atoms with van der Waals surface area (Å²) < 4.78 is 19.6. The third-order valence-electron chi connectivity index (χ3n) is 5.37. The molecule has 0 saturated carbocycles. The van der Waals surface area contributed by atoms with E-state index in [4.69, 9.17) is 4.74 Å². The van der Waals surface area contributed by atoms with Gasteiger partial charge in [-0.05, 0) is 36.8 Å². The summed E-state index contributed by atoms with van der Waals surface area (Å²) >= 11 is 0. The normalized spacial score (nSPS) is 18.4. The van der Waals surface area contributed by atoms with Crippen molar-refractivity contribution in [1.82, 2.24) is 9.88 Å². The van der Waals surface area contributed by atoms with Gasteiger partial charge in [-0.25, -0.2) is 9.37 Å². The number of hydrogen-bond donors (Lipinski definition) is 1. The second-order valence-electron chi connectivity index (χ2n) is 7.57. The molecule has 1 aromatic heterocycles. The van der Waals surface area contributed by atoms with E-state index < -0.39 is 11.4 Å². The molecule has 1 aromatic carbocycles. The first-order valence-electron chi connectivity index (χ1n) is 9.39. The lowest BCUT2D eigenvalue weighted by atomic mass is 9.82. The zero-order chi connectivity index (χ0) is 19.7. The number of hydrogen-bond acceptors (Lipinski definition) is 5. The van der Waals surface area contributed by atoms with Gasteiger partial charge in [-0.3, -0.25) is 14.5 Å². The summed E-state index contributed by atoms with van der Waals surface area (Å²) in [7, 11) is 0. The van der Waals surface area contributed by atoms with Gasteiger partial charge < -0.3 is 10.1 Å². The summed E-state index contributed by atoms with van der Waals surface area (Å²) in [6.07, 6.45) is 3.18. The fourth-order valence-electron chi connectivity index (χ4n) is 3.86. The Labute approximate surface area is 162 Å². The van der Waals surface area contributed by atoms with Crippen LogP contribution < -0.4 is 10.1 Å². The highest BCUT2D eigenvalue weighted by Gasteiger charge is 2.43. The minimum absolute atomic E-state index is 0.0158. The molecule has 2 aliphatic heterocycles. The van der Waals surface area contributed by atoms with Gasteiger partial charge in [0.15, 0.2) is 5.78 Å². The molecule has 0 aliphatic carbocycles. The zero-order valence-corrected chi connectivity index (χ0v) is 15.7. The summed E-state index contributed by atoms with van der Waals surface area (Å²) in [6, 6.07) is 7.74. The molecular weight excluding hydrogens is 361 g/mol. The lowest BCUT2D eigenvalue weighted by Gasteiger charge is -2.43. The molecule has 7 heteroatoms. The van der Waals surface area contributed by atoms with Crippen molar-refractivity contribution in [2.45, 2.75) is 31.8 Å². The maximum atomic E-state index is 13.5. The van der Waals surface area contributed by atoms with Crippen LogP contribution in [-0.2, 0) is 4.79 Å². The molecule has 1 N–H and O–H groups in total. The van der Waals surface area contributed by atoms with Gasteiger partial charge in [0.2, 0.25) is 5.91 Å². The number of Topliss-reactive ketones (excluding diaryl/α,β-unsaturated/α-hetero) is 1. The van der Waals surface area contributed by atoms with E-state index in [0.29, 0.717) is 49.5 Å². The van der Waals surface area contributed by atoms with Gasteiger partial charge in [-0.15, -0.1) is 0 Å². The summed E-state index contributed by atoms with van der Waals surface area (Å²) in [5, 5.41) is 2.81. The Hall–Kier alpha value is -2.80. The predicted molar refractivity (Wildman–Crippen MR) is 102 cm³/mol. The Bertz CT molecular complexity index is 923. The van der Waals surface area contributed by atoms with Gasteiger partial charge in [0, 0.05) is 38.2 Å². The third-order valence-corrected chi connectivity index (χ3v) is 5.37. The molecule has 0 radical (unpaired) electrons. The number of rotatable bonds is 3. The van der Waals surface area contributed by atoms with E-state index in [1.165, 1.54) is 18.2 Å². The van der Waals surface area contributed by atoms with E-state index in [0.717, 1.165) is 5.56 Å². The molecule has 1 spiro atoms. The zero-order valence-electron chi connectivity index (χ0n) is 15.7. The number of benzene rings is 1. The van der Waals surface area contributed by atoms with Crippen molar-refractivity contribution in [1.29, 1.82) is 0 Å². The number of nitrogens with zero attached hydrogens (tertiary/aromatic N) is 2. The van der Waals surface area contributed by atoms with Crippen LogP contribution >= 0.6 is 0 Å². The topological polar surface area (TPSA) is 71.5 Å². The van der Waals surface area contributed by atoms with Crippen LogP contribution in [0.15, 0.2) is 36.5 Å². The van der Waals surface area contributed by atoms with Crippen LogP contribution in [0, 0.1) is 12.7 Å². The van der Waals surface area contributed by atoms with E-state index >= 15 is 0 Å². The lowest BCUT2D eigenvalue weighted by Crippen LogP contribution is -2.52. The number of likely N-dealkylation sites (tertiary alicyclic amines) is 1. The van der Waals surface area contributed by atoms with Crippen molar-refractivity contribution >= 4 is 17.5 Å². The number of pyridine rings is 1. The van der Waals surface area contributed by atoms with Gasteiger partial charge in [-0.2, -0.15) is 0 Å². The number of carbonyl (C=O) groups excluding carboxylic acids is 2. The average Bonchev–Trinajstić information content (AvgIpc) is 2.63. The molecule has 2 aromatic rings. The van der Waals surface area contributed by atoms with Crippen LogP contribution in [0.4, 0.5) is 10.2 Å². The molecule has 1 amide bonds. The van der Waals surface area contributed by atoms with Gasteiger partial charge in [0.1, 0.15) is 23.0 Å². The van der Waals surface area contributed by atoms with E-state index in [1.807, 2.05) is 24.0 Å². The molecule has 4 rings (SSSR count). The summed E-state index contributed by atoms with van der Waals surface area (Å²) in [4.78, 5) is 30.9. The number of aryl methyl sites for hydroxylation is 1. The maximum absolute atomic E-state index is 13.5. The molecule has 0 atom stereocenters. The van der Waals surface area contributed by atoms with Gasteiger partial charge in [-0.1, -0.05) is 0 Å². The lowest BCUT2D eigenvalue weighted by molar-refractivity contribution is -0.118. The Morgan fingerprint density at radius 3 is 2.82 bits per heavy atom. The summed E-state index contributed by atoms with van der Waals surface area (Å²) in [5.74, 6) is 0.314. The third kappa shape index (κ3) is 3.89. The standard InChI is InChI=1S/C21H22FN3O3/c1-14-4-7-23-19(10-14)24-20(27)13-25-8-5-21(6-9-25)12-17(26)16-3-2-15(22)11-18(16)28-21/h2-4,7,10-11H,5-6,8-9,12-13H2,1H3,(H,23,24,27). The largest absolute Gasteiger partial charge is 0.486 e. The van der Waals surface area contributed by atoms with E-state index in [9.17, 15) is 14.0 Å². The molecule has 146 valence electrons. The van der Waals surface area contributed by atoms with Crippen LogP contribution in [0.25, 0.3) is 0 Å². The first-order valence-corrected chi connectivity index (χ1v) is 9.39. The average molecular weight is 383 g/mol. The quantitative estimate of drug-likeness (QED) is 0.882. The molecule has 0 unspecified atom stereocenters. The number of fused-ring (bicyclic) bond motifs is 1. The monoisotopic (exact) mass is 383 g/mol. The minimum atomic E-state index is -0.608. The number of aromatic nitrogens is 1. The van der Waals surface area contributed by atoms with Crippen molar-refractivity contribution in [2.24, 2.45) is 0 Å². The maximum Gasteiger partial charge on any atom is 0.239 e. The molecule has 2 aliphatic rings. The number of carbonyl (C=O) groups is 2. The van der Waals surface area contributed by atoms with Crippen LogP contribution in [0.5, 0.6) is 5.75 Å². The van der Waals surface area contributed by atoms with Crippen molar-refractivity contribution in [3.05, 3.63) is 53.5 Å². The molecule has 28 heavy (non-hydrogen) atoms. The number of nitrogens with one attached hydrogen (secondary N) is 1. The van der Waals surface area contributed by atoms with Crippen LogP contribution in [0.2, 0.25) is 0 Å². The Kier molecular flexibility index (Phi) is 4.85. The van der Waals surface area contributed by atoms with Crippen LogP contribution in [-0.4, -0.2) is 46.8 Å².